The maximum atomic E-state index is 14.4. The number of carbonyl (C=O) groups is 1. The van der Waals surface area contributed by atoms with Crippen molar-refractivity contribution in [3.63, 3.8) is 0 Å². The van der Waals surface area contributed by atoms with E-state index in [1.165, 1.54) is 23.4 Å². The van der Waals surface area contributed by atoms with Crippen LogP contribution >= 0.6 is 23.2 Å². The van der Waals surface area contributed by atoms with Gasteiger partial charge >= 0.3 is 0 Å². The Balaban J connectivity index is 1.58. The monoisotopic (exact) mass is 537 g/mol. The van der Waals surface area contributed by atoms with Gasteiger partial charge in [0, 0.05) is 24.3 Å². The fourth-order valence-corrected chi connectivity index (χ4v) is 3.85. The molecule has 0 N–H and O–H groups in total. The maximum absolute atomic E-state index is 14.4. The highest BCUT2D eigenvalue weighted by molar-refractivity contribution is 6.42. The fourth-order valence-electron chi connectivity index (χ4n) is 3.54. The quantitative estimate of drug-likeness (QED) is 0.257. The number of rotatable bonds is 8. The van der Waals surface area contributed by atoms with Gasteiger partial charge in [0.1, 0.15) is 18.0 Å². The third-order valence-electron chi connectivity index (χ3n) is 5.51. The van der Waals surface area contributed by atoms with Gasteiger partial charge in [-0.05, 0) is 47.5 Å². The predicted molar refractivity (Wildman–Crippen MR) is 136 cm³/mol. The smallest absolute Gasteiger partial charge is 0.247 e. The lowest BCUT2D eigenvalue weighted by Crippen LogP contribution is -2.30. The second kappa shape index (κ2) is 11.8. The Hall–Kier alpha value is -4.06. The molecule has 1 aromatic heterocycles. The van der Waals surface area contributed by atoms with Crippen LogP contribution in [0.3, 0.4) is 0 Å². The van der Waals surface area contributed by atoms with Crippen LogP contribution in [0.1, 0.15) is 28.1 Å². The number of aromatic nitrogens is 3. The average Bonchev–Trinajstić information content (AvgIpc) is 3.32. The van der Waals surface area contributed by atoms with E-state index in [1.54, 1.807) is 41.0 Å². The summed E-state index contributed by atoms with van der Waals surface area (Å²) in [6, 6.07) is 17.3. The van der Waals surface area contributed by atoms with E-state index in [4.69, 9.17) is 28.5 Å². The topological polar surface area (TPSA) is 74.8 Å². The van der Waals surface area contributed by atoms with E-state index >= 15 is 0 Å². The first-order chi connectivity index (χ1) is 17.8. The summed E-state index contributed by atoms with van der Waals surface area (Å²) in [7, 11) is 0. The standard InChI is InChI=1S/C27H19Cl2F2N5O/c28-23-9-5-18(11-24(23)29)6-10-27(37)35(15-21-7-8-22(30)12-25(21)31)16-26-34-33-17-36(26)14-20-3-1-19(13-32)2-4-20/h1-12,17H,14-16H2/b10-6+. The highest BCUT2D eigenvalue weighted by Crippen LogP contribution is 2.23. The molecule has 0 aliphatic carbocycles. The molecular formula is C27H19Cl2F2N5O. The van der Waals surface area contributed by atoms with Gasteiger partial charge in [-0.25, -0.2) is 8.78 Å². The zero-order valence-electron chi connectivity index (χ0n) is 19.3. The van der Waals surface area contributed by atoms with E-state index in [0.717, 1.165) is 17.7 Å². The molecule has 0 saturated carbocycles. The molecule has 1 amide bonds. The molecule has 0 fully saturated rings. The van der Waals surface area contributed by atoms with Gasteiger partial charge in [0.2, 0.25) is 5.91 Å². The van der Waals surface area contributed by atoms with Crippen LogP contribution in [0.5, 0.6) is 0 Å². The van der Waals surface area contributed by atoms with Crippen LogP contribution in [0.15, 0.2) is 73.1 Å². The average molecular weight is 538 g/mol. The molecule has 0 unspecified atom stereocenters. The molecule has 0 atom stereocenters. The van der Waals surface area contributed by atoms with Crippen molar-refractivity contribution in [2.24, 2.45) is 0 Å². The molecule has 186 valence electrons. The van der Waals surface area contributed by atoms with E-state index in [0.29, 0.717) is 33.5 Å². The first-order valence-corrected chi connectivity index (χ1v) is 11.8. The molecule has 0 saturated heterocycles. The predicted octanol–water partition coefficient (Wildman–Crippen LogP) is 6.03. The Bertz CT molecular complexity index is 1500. The van der Waals surface area contributed by atoms with Crippen molar-refractivity contribution < 1.29 is 13.6 Å². The number of nitrogens with zero attached hydrogens (tertiary/aromatic N) is 5. The third kappa shape index (κ3) is 6.79. The molecule has 0 radical (unpaired) electrons. The van der Waals surface area contributed by atoms with Crippen molar-refractivity contribution in [3.05, 3.63) is 123 Å². The summed E-state index contributed by atoms with van der Waals surface area (Å²) in [6.45, 7) is 0.290. The van der Waals surface area contributed by atoms with E-state index in [-0.39, 0.29) is 18.7 Å². The minimum absolute atomic E-state index is 0.0116. The summed E-state index contributed by atoms with van der Waals surface area (Å²) >= 11 is 12.0. The summed E-state index contributed by atoms with van der Waals surface area (Å²) in [5.41, 5.74) is 2.25. The number of hydrogen-bond acceptors (Lipinski definition) is 4. The van der Waals surface area contributed by atoms with E-state index in [2.05, 4.69) is 16.3 Å². The van der Waals surface area contributed by atoms with Gasteiger partial charge in [0.25, 0.3) is 0 Å². The van der Waals surface area contributed by atoms with Crippen molar-refractivity contribution in [1.29, 1.82) is 5.26 Å². The maximum Gasteiger partial charge on any atom is 0.247 e. The Kier molecular flexibility index (Phi) is 8.29. The van der Waals surface area contributed by atoms with Crippen LogP contribution in [-0.4, -0.2) is 25.6 Å². The molecule has 37 heavy (non-hydrogen) atoms. The van der Waals surface area contributed by atoms with Crippen LogP contribution in [0.25, 0.3) is 6.08 Å². The number of hydrogen-bond donors (Lipinski definition) is 0. The molecule has 10 heteroatoms. The number of benzene rings is 3. The van der Waals surface area contributed by atoms with Crippen LogP contribution < -0.4 is 0 Å². The Morgan fingerprint density at radius 2 is 1.81 bits per heavy atom. The molecule has 0 aliphatic heterocycles. The van der Waals surface area contributed by atoms with Gasteiger partial charge in [-0.1, -0.05) is 47.5 Å². The number of carbonyl (C=O) groups excluding carboxylic acids is 1. The Labute approximate surface area is 222 Å². The second-order valence-corrected chi connectivity index (χ2v) is 8.94. The molecule has 0 aliphatic rings. The van der Waals surface area contributed by atoms with Crippen LogP contribution in [0.2, 0.25) is 10.0 Å². The lowest BCUT2D eigenvalue weighted by atomic mass is 10.1. The largest absolute Gasteiger partial charge is 0.327 e. The second-order valence-electron chi connectivity index (χ2n) is 8.12. The highest BCUT2D eigenvalue weighted by atomic mass is 35.5. The van der Waals surface area contributed by atoms with Gasteiger partial charge < -0.3 is 9.47 Å². The summed E-state index contributed by atoms with van der Waals surface area (Å²) in [4.78, 5) is 14.6. The fraction of sp³-hybridized carbons (Fsp3) is 0.111. The van der Waals surface area contributed by atoms with Gasteiger partial charge in [0.05, 0.1) is 34.8 Å². The zero-order valence-corrected chi connectivity index (χ0v) is 20.8. The van der Waals surface area contributed by atoms with Crippen molar-refractivity contribution in [2.75, 3.05) is 0 Å². The molecule has 0 spiro atoms. The molecule has 6 nitrogen and oxygen atoms in total. The molecular weight excluding hydrogens is 519 g/mol. The first-order valence-electron chi connectivity index (χ1n) is 11.0. The van der Waals surface area contributed by atoms with Crippen molar-refractivity contribution in [1.82, 2.24) is 19.7 Å². The van der Waals surface area contributed by atoms with Crippen molar-refractivity contribution in [3.8, 4) is 6.07 Å². The Morgan fingerprint density at radius 3 is 2.51 bits per heavy atom. The summed E-state index contributed by atoms with van der Waals surface area (Å²) in [5.74, 6) is -1.43. The van der Waals surface area contributed by atoms with Crippen molar-refractivity contribution >= 4 is 35.2 Å². The number of nitriles is 1. The van der Waals surface area contributed by atoms with Gasteiger partial charge in [-0.15, -0.1) is 10.2 Å². The van der Waals surface area contributed by atoms with Gasteiger partial charge in [-0.2, -0.15) is 5.26 Å². The lowest BCUT2D eigenvalue weighted by molar-refractivity contribution is -0.127. The minimum Gasteiger partial charge on any atom is -0.327 e. The van der Waals surface area contributed by atoms with Crippen LogP contribution in [0.4, 0.5) is 8.78 Å². The SMILES string of the molecule is N#Cc1ccc(Cn2cnnc2CN(Cc2ccc(F)cc2F)C(=O)/C=C/c2ccc(Cl)c(Cl)c2)cc1. The number of amides is 1. The molecule has 1 heterocycles. The molecule has 0 bridgehead atoms. The van der Waals surface area contributed by atoms with E-state index in [1.807, 2.05) is 12.1 Å². The van der Waals surface area contributed by atoms with Crippen LogP contribution in [-0.2, 0) is 24.4 Å². The van der Waals surface area contributed by atoms with Gasteiger partial charge in [-0.3, -0.25) is 4.79 Å². The number of halogens is 4. The molecule has 3 aromatic carbocycles. The normalized spacial score (nSPS) is 11.0. The third-order valence-corrected chi connectivity index (χ3v) is 6.25. The lowest BCUT2D eigenvalue weighted by Gasteiger charge is -2.22. The van der Waals surface area contributed by atoms with Gasteiger partial charge in [0.15, 0.2) is 5.82 Å². The van der Waals surface area contributed by atoms with E-state index in [9.17, 15) is 13.6 Å². The van der Waals surface area contributed by atoms with Crippen molar-refractivity contribution in [2.45, 2.75) is 19.6 Å². The zero-order chi connectivity index (χ0) is 26.4. The summed E-state index contributed by atoms with van der Waals surface area (Å²) in [6.07, 6.45) is 4.43. The van der Waals surface area contributed by atoms with E-state index < -0.39 is 17.5 Å². The Morgan fingerprint density at radius 1 is 1.03 bits per heavy atom. The molecule has 4 rings (SSSR count). The minimum atomic E-state index is -0.759. The first kappa shape index (κ1) is 26.0. The summed E-state index contributed by atoms with van der Waals surface area (Å²) in [5, 5.41) is 17.8. The molecule has 4 aromatic rings. The highest BCUT2D eigenvalue weighted by Gasteiger charge is 2.18. The van der Waals surface area contributed by atoms with Crippen LogP contribution in [0, 0.1) is 23.0 Å². The summed E-state index contributed by atoms with van der Waals surface area (Å²) < 4.78 is 29.6.